The summed E-state index contributed by atoms with van der Waals surface area (Å²) in [4.78, 5) is 0. The molecule has 0 saturated carbocycles. The third-order valence-electron chi connectivity index (χ3n) is 3.31. The molecule has 0 amide bonds. The van der Waals surface area contributed by atoms with E-state index in [1.165, 1.54) is 0 Å². The van der Waals surface area contributed by atoms with Crippen molar-refractivity contribution in [1.29, 1.82) is 5.26 Å². The minimum Gasteiger partial charge on any atom is -0.396 e. The number of benzene rings is 1. The van der Waals surface area contributed by atoms with Gasteiger partial charge in [-0.1, -0.05) is 6.07 Å². The molecule has 4 nitrogen and oxygen atoms in total. The summed E-state index contributed by atoms with van der Waals surface area (Å²) in [6.45, 7) is 3.76. The minimum absolute atomic E-state index is 0.294. The molecule has 17 heavy (non-hydrogen) atoms. The van der Waals surface area contributed by atoms with Gasteiger partial charge in [-0.3, -0.25) is 0 Å². The molecule has 2 rings (SSSR count). The van der Waals surface area contributed by atoms with E-state index in [1.807, 2.05) is 12.1 Å². The van der Waals surface area contributed by atoms with E-state index in [4.69, 9.17) is 15.7 Å². The van der Waals surface area contributed by atoms with Crippen LogP contribution in [0.5, 0.6) is 0 Å². The number of para-hydroxylation sites is 1. The summed E-state index contributed by atoms with van der Waals surface area (Å²) in [5, 5.41) is 12.2. The average molecular weight is 231 g/mol. The molecule has 1 fully saturated rings. The second-order valence-electron chi connectivity index (χ2n) is 4.38. The highest BCUT2D eigenvalue weighted by Crippen LogP contribution is 2.25. The van der Waals surface area contributed by atoms with Crippen LogP contribution in [0.3, 0.4) is 0 Å². The molecule has 1 aromatic carbocycles. The van der Waals surface area contributed by atoms with Crippen molar-refractivity contribution in [2.45, 2.75) is 19.4 Å². The molecule has 1 aliphatic heterocycles. The second kappa shape index (κ2) is 5.07. The van der Waals surface area contributed by atoms with Crippen LogP contribution in [0.25, 0.3) is 0 Å². The molecule has 2 atom stereocenters. The van der Waals surface area contributed by atoms with Crippen LogP contribution in [0.2, 0.25) is 0 Å². The molecule has 0 spiro atoms. The summed E-state index contributed by atoms with van der Waals surface area (Å²) >= 11 is 0. The molecular formula is C13H17N3O. The van der Waals surface area contributed by atoms with Gasteiger partial charge in [0, 0.05) is 19.1 Å². The van der Waals surface area contributed by atoms with Crippen molar-refractivity contribution in [2.75, 3.05) is 24.2 Å². The molecule has 90 valence electrons. The second-order valence-corrected chi connectivity index (χ2v) is 4.38. The maximum Gasteiger partial charge on any atom is 0.101 e. The number of anilines is 2. The van der Waals surface area contributed by atoms with Gasteiger partial charge in [0.2, 0.25) is 0 Å². The highest BCUT2D eigenvalue weighted by molar-refractivity contribution is 5.72. The largest absolute Gasteiger partial charge is 0.396 e. The predicted molar refractivity (Wildman–Crippen MR) is 67.6 cm³/mol. The first-order chi connectivity index (χ1) is 8.22. The molecule has 1 aromatic rings. The van der Waals surface area contributed by atoms with Crippen LogP contribution in [0, 0.1) is 17.2 Å². The van der Waals surface area contributed by atoms with Crippen LogP contribution in [-0.2, 0) is 4.74 Å². The van der Waals surface area contributed by atoms with Crippen molar-refractivity contribution in [2.24, 2.45) is 5.92 Å². The van der Waals surface area contributed by atoms with Crippen LogP contribution in [0.15, 0.2) is 18.2 Å². The van der Waals surface area contributed by atoms with Crippen molar-refractivity contribution in [3.05, 3.63) is 23.8 Å². The number of nitrogens with zero attached hydrogens (tertiary/aromatic N) is 1. The lowest BCUT2D eigenvalue weighted by Gasteiger charge is -2.16. The highest BCUT2D eigenvalue weighted by Gasteiger charge is 2.23. The van der Waals surface area contributed by atoms with E-state index in [2.05, 4.69) is 18.3 Å². The summed E-state index contributed by atoms with van der Waals surface area (Å²) < 4.78 is 5.51. The summed E-state index contributed by atoms with van der Waals surface area (Å²) in [5.74, 6) is 0.514. The Morgan fingerprint density at radius 3 is 3.06 bits per heavy atom. The molecule has 0 aromatic heterocycles. The summed E-state index contributed by atoms with van der Waals surface area (Å²) in [6.07, 6.45) is 1.37. The van der Waals surface area contributed by atoms with Crippen LogP contribution in [0.1, 0.15) is 18.9 Å². The van der Waals surface area contributed by atoms with Gasteiger partial charge < -0.3 is 15.8 Å². The Kier molecular flexibility index (Phi) is 3.50. The lowest BCUT2D eigenvalue weighted by atomic mass is 10.0. The molecule has 1 aliphatic rings. The lowest BCUT2D eigenvalue weighted by Crippen LogP contribution is -2.21. The number of ether oxygens (including phenoxy) is 1. The third kappa shape index (κ3) is 2.51. The van der Waals surface area contributed by atoms with Crippen molar-refractivity contribution in [1.82, 2.24) is 0 Å². The van der Waals surface area contributed by atoms with E-state index in [-0.39, 0.29) is 0 Å². The predicted octanol–water partition coefficient (Wildman–Crippen LogP) is 1.98. The molecular weight excluding hydrogens is 214 g/mol. The fraction of sp³-hybridized carbons (Fsp3) is 0.462. The van der Waals surface area contributed by atoms with Crippen LogP contribution < -0.4 is 11.1 Å². The van der Waals surface area contributed by atoms with Crippen molar-refractivity contribution in [3.8, 4) is 6.07 Å². The minimum atomic E-state index is 0.294. The van der Waals surface area contributed by atoms with Gasteiger partial charge in [-0.05, 0) is 25.5 Å². The molecule has 0 aliphatic carbocycles. The van der Waals surface area contributed by atoms with Crippen molar-refractivity contribution >= 4 is 11.4 Å². The number of rotatable bonds is 3. The van der Waals surface area contributed by atoms with Gasteiger partial charge in [-0.25, -0.2) is 0 Å². The van der Waals surface area contributed by atoms with E-state index >= 15 is 0 Å². The van der Waals surface area contributed by atoms with E-state index in [1.54, 1.807) is 6.07 Å². The van der Waals surface area contributed by atoms with E-state index < -0.39 is 0 Å². The zero-order chi connectivity index (χ0) is 12.3. The zero-order valence-corrected chi connectivity index (χ0v) is 9.94. The number of nitrogens with two attached hydrogens (primary N) is 1. The topological polar surface area (TPSA) is 71.1 Å². The zero-order valence-electron chi connectivity index (χ0n) is 9.94. The van der Waals surface area contributed by atoms with E-state index in [0.29, 0.717) is 23.3 Å². The van der Waals surface area contributed by atoms with Gasteiger partial charge in [-0.2, -0.15) is 5.26 Å². The van der Waals surface area contributed by atoms with Crippen molar-refractivity contribution < 1.29 is 4.74 Å². The number of nitriles is 1. The van der Waals surface area contributed by atoms with Crippen LogP contribution in [-0.4, -0.2) is 19.3 Å². The standard InChI is InChI=1S/C13H17N3O/c1-9-11(5-6-17-9)8-16-12-4-2-3-10(7-14)13(12)15/h2-4,9,11,16H,5-6,8,15H2,1H3. The molecule has 1 saturated heterocycles. The van der Waals surface area contributed by atoms with Gasteiger partial charge in [0.05, 0.1) is 23.0 Å². The molecule has 0 bridgehead atoms. The van der Waals surface area contributed by atoms with Crippen molar-refractivity contribution in [3.63, 3.8) is 0 Å². The maximum absolute atomic E-state index is 8.89. The Balaban J connectivity index is 2.02. The SMILES string of the molecule is CC1OCCC1CNc1cccc(C#N)c1N. The first kappa shape index (κ1) is 11.7. The summed E-state index contributed by atoms with van der Waals surface area (Å²) in [7, 11) is 0. The summed E-state index contributed by atoms with van der Waals surface area (Å²) in [5.41, 5.74) is 7.78. The molecule has 0 radical (unpaired) electrons. The quantitative estimate of drug-likeness (QED) is 0.780. The Morgan fingerprint density at radius 2 is 2.41 bits per heavy atom. The van der Waals surface area contributed by atoms with Crippen LogP contribution in [0.4, 0.5) is 11.4 Å². The van der Waals surface area contributed by atoms with Gasteiger partial charge >= 0.3 is 0 Å². The number of hydrogen-bond donors (Lipinski definition) is 2. The Labute approximate surface area is 101 Å². The van der Waals surface area contributed by atoms with E-state index in [0.717, 1.165) is 25.3 Å². The lowest BCUT2D eigenvalue weighted by molar-refractivity contribution is 0.108. The average Bonchev–Trinajstić information content (AvgIpc) is 2.74. The smallest absolute Gasteiger partial charge is 0.101 e. The highest BCUT2D eigenvalue weighted by atomic mass is 16.5. The first-order valence-electron chi connectivity index (χ1n) is 5.86. The van der Waals surface area contributed by atoms with Crippen LogP contribution >= 0.6 is 0 Å². The number of hydrogen-bond acceptors (Lipinski definition) is 4. The van der Waals surface area contributed by atoms with Gasteiger partial charge in [0.25, 0.3) is 0 Å². The molecule has 3 N–H and O–H groups in total. The Hall–Kier alpha value is -1.73. The molecule has 2 unspecified atom stereocenters. The molecule has 4 heteroatoms. The van der Waals surface area contributed by atoms with Gasteiger partial charge in [0.1, 0.15) is 6.07 Å². The van der Waals surface area contributed by atoms with E-state index in [9.17, 15) is 0 Å². The Bertz CT molecular complexity index is 439. The number of nitrogen functional groups attached to an aromatic ring is 1. The molecule has 1 heterocycles. The normalized spacial score (nSPS) is 23.3. The van der Waals surface area contributed by atoms with Gasteiger partial charge in [0.15, 0.2) is 0 Å². The maximum atomic E-state index is 8.89. The monoisotopic (exact) mass is 231 g/mol. The fourth-order valence-electron chi connectivity index (χ4n) is 2.10. The third-order valence-corrected chi connectivity index (χ3v) is 3.31. The fourth-order valence-corrected chi connectivity index (χ4v) is 2.10. The number of nitrogens with one attached hydrogen (secondary N) is 1. The summed E-state index contributed by atoms with van der Waals surface area (Å²) in [6, 6.07) is 7.55. The van der Waals surface area contributed by atoms with Gasteiger partial charge in [-0.15, -0.1) is 0 Å². The Morgan fingerprint density at radius 1 is 1.59 bits per heavy atom. The first-order valence-corrected chi connectivity index (χ1v) is 5.86.